The van der Waals surface area contributed by atoms with Crippen molar-refractivity contribution in [3.05, 3.63) is 59.7 Å². The van der Waals surface area contributed by atoms with E-state index in [-0.39, 0.29) is 40.8 Å². The molecule has 0 radical (unpaired) electrons. The Morgan fingerprint density at radius 2 is 0.930 bits per heavy atom. The maximum atomic E-state index is 12.5. The number of aryl methyl sites for hydroxylation is 2. The first-order valence-corrected chi connectivity index (χ1v) is 22.3. The molecule has 2 fully saturated rings. The molecule has 2 aromatic rings. The van der Waals surface area contributed by atoms with Gasteiger partial charge in [0.15, 0.2) is 12.6 Å². The van der Waals surface area contributed by atoms with E-state index in [0.29, 0.717) is 0 Å². The Balaban J connectivity index is 0.000000329. The summed E-state index contributed by atoms with van der Waals surface area (Å²) in [6.07, 6.45) is -11.3. The number of aliphatic hydroxyl groups excluding tert-OH is 5. The minimum absolute atomic E-state index is 0.0193. The summed E-state index contributed by atoms with van der Waals surface area (Å²) in [7, 11) is -2.48. The molecule has 16 nitrogen and oxygen atoms in total. The molecular formula is C38H61ClO16S2. The molecule has 2 saturated heterocycles. The van der Waals surface area contributed by atoms with E-state index >= 15 is 0 Å². The molecule has 10 unspecified atom stereocenters. The van der Waals surface area contributed by atoms with Gasteiger partial charge < -0.3 is 54.0 Å². The zero-order valence-electron chi connectivity index (χ0n) is 34.0. The molecule has 0 saturated carbocycles. The monoisotopic (exact) mass is 872 g/mol. The smallest absolute Gasteiger partial charge is 0.297 e. The Hall–Kier alpha value is -1.85. The van der Waals surface area contributed by atoms with Gasteiger partial charge in [-0.1, -0.05) is 35.4 Å². The van der Waals surface area contributed by atoms with Gasteiger partial charge in [-0.3, -0.25) is 4.18 Å². The summed E-state index contributed by atoms with van der Waals surface area (Å²) in [6, 6.07) is 12.6. The Labute approximate surface area is 341 Å². The molecule has 5 N–H and O–H groups in total. The Bertz CT molecular complexity index is 1670. The molecule has 0 spiro atoms. The van der Waals surface area contributed by atoms with E-state index in [9.17, 15) is 42.4 Å². The highest BCUT2D eigenvalue weighted by molar-refractivity contribution is 8.13. The van der Waals surface area contributed by atoms with E-state index in [4.69, 9.17) is 43.3 Å². The van der Waals surface area contributed by atoms with Crippen molar-refractivity contribution < 1.29 is 75.0 Å². The molecule has 2 heterocycles. The second-order valence-electron chi connectivity index (χ2n) is 14.7. The van der Waals surface area contributed by atoms with Gasteiger partial charge in [0.2, 0.25) is 0 Å². The average Bonchev–Trinajstić information content (AvgIpc) is 3.10. The van der Waals surface area contributed by atoms with Gasteiger partial charge in [0.05, 0.1) is 47.4 Å². The normalized spacial score (nSPS) is 28.2. The van der Waals surface area contributed by atoms with Crippen molar-refractivity contribution in [1.82, 2.24) is 0 Å². The van der Waals surface area contributed by atoms with E-state index < -0.39 is 87.2 Å². The molecule has 328 valence electrons. The van der Waals surface area contributed by atoms with Gasteiger partial charge in [-0.05, 0) is 93.5 Å². The zero-order valence-corrected chi connectivity index (χ0v) is 36.4. The van der Waals surface area contributed by atoms with Crippen molar-refractivity contribution in [1.29, 1.82) is 0 Å². The summed E-state index contributed by atoms with van der Waals surface area (Å²) in [5, 5.41) is 50.0. The third-order valence-electron chi connectivity index (χ3n) is 8.13. The van der Waals surface area contributed by atoms with Crippen LogP contribution in [-0.4, -0.2) is 141 Å². The molecule has 2 aromatic carbocycles. The van der Waals surface area contributed by atoms with Crippen molar-refractivity contribution in [2.24, 2.45) is 0 Å². The number of hydrogen-bond donors (Lipinski definition) is 5. The summed E-state index contributed by atoms with van der Waals surface area (Å²) in [4.78, 5) is 0.163. The largest absolute Gasteiger partial charge is 0.394 e. The van der Waals surface area contributed by atoms with E-state index in [2.05, 4.69) is 0 Å². The molecular weight excluding hydrogens is 812 g/mol. The van der Waals surface area contributed by atoms with Gasteiger partial charge in [-0.25, -0.2) is 8.42 Å². The van der Waals surface area contributed by atoms with Crippen molar-refractivity contribution in [2.45, 2.75) is 165 Å². The first-order valence-electron chi connectivity index (χ1n) is 18.6. The Morgan fingerprint density at radius 1 is 0.579 bits per heavy atom. The van der Waals surface area contributed by atoms with Crippen LogP contribution in [0.4, 0.5) is 0 Å². The topological polar surface area (TPSA) is 234 Å². The van der Waals surface area contributed by atoms with Gasteiger partial charge in [0.25, 0.3) is 19.2 Å². The van der Waals surface area contributed by atoms with Crippen LogP contribution in [0.1, 0.15) is 66.5 Å². The van der Waals surface area contributed by atoms with Crippen LogP contribution in [0.15, 0.2) is 58.3 Å². The van der Waals surface area contributed by atoms with Gasteiger partial charge in [0.1, 0.15) is 48.8 Å². The van der Waals surface area contributed by atoms with Crippen LogP contribution in [-0.2, 0) is 51.8 Å². The molecule has 0 aliphatic carbocycles. The molecule has 0 amide bonds. The fourth-order valence-corrected chi connectivity index (χ4v) is 7.14. The minimum Gasteiger partial charge on any atom is -0.394 e. The lowest BCUT2D eigenvalue weighted by molar-refractivity contribution is -0.317. The number of halogens is 1. The number of ether oxygens (including phenoxy) is 6. The molecule has 4 rings (SSSR count). The first-order chi connectivity index (χ1) is 26.4. The predicted octanol–water partition coefficient (Wildman–Crippen LogP) is 2.93. The summed E-state index contributed by atoms with van der Waals surface area (Å²) in [6.45, 7) is 17.3. The maximum absolute atomic E-state index is 12.5. The Morgan fingerprint density at radius 3 is 1.28 bits per heavy atom. The maximum Gasteiger partial charge on any atom is 0.297 e. The van der Waals surface area contributed by atoms with E-state index in [1.165, 1.54) is 24.3 Å². The quantitative estimate of drug-likeness (QED) is 0.136. The lowest BCUT2D eigenvalue weighted by Crippen LogP contribution is -2.61. The fourth-order valence-electron chi connectivity index (χ4n) is 5.45. The van der Waals surface area contributed by atoms with E-state index in [0.717, 1.165) is 11.1 Å². The summed E-state index contributed by atoms with van der Waals surface area (Å²) in [5.41, 5.74) is 1.93. The van der Waals surface area contributed by atoms with Crippen LogP contribution < -0.4 is 0 Å². The van der Waals surface area contributed by atoms with Crippen molar-refractivity contribution in [3.63, 3.8) is 0 Å². The second kappa shape index (κ2) is 23.2. The fraction of sp³-hybridized carbons (Fsp3) is 0.684. The van der Waals surface area contributed by atoms with Crippen molar-refractivity contribution in [3.8, 4) is 0 Å². The van der Waals surface area contributed by atoms with E-state index in [1.807, 2.05) is 27.7 Å². The van der Waals surface area contributed by atoms with Crippen LogP contribution in [0.25, 0.3) is 0 Å². The SMILES string of the molecule is CC(C)OC1OC(CO)C(OC(C)C)C(O)C1O.Cc1ccc(S(=O)(=O)Cl)cc1.Cc1ccc(S(=O)(=O)OCC2OC(OC(C)C)C(O)C(O)C2OC(C)C)cc1. The van der Waals surface area contributed by atoms with Crippen LogP contribution in [0, 0.1) is 13.8 Å². The second-order valence-corrected chi connectivity index (χ2v) is 18.9. The third kappa shape index (κ3) is 16.6. The predicted molar refractivity (Wildman–Crippen MR) is 209 cm³/mol. The molecule has 57 heavy (non-hydrogen) atoms. The molecule has 0 aromatic heterocycles. The van der Waals surface area contributed by atoms with Crippen LogP contribution >= 0.6 is 10.7 Å². The first kappa shape index (κ1) is 51.3. The Kier molecular flexibility index (Phi) is 20.9. The third-order valence-corrected chi connectivity index (χ3v) is 10.8. The van der Waals surface area contributed by atoms with Crippen LogP contribution in [0.5, 0.6) is 0 Å². The summed E-state index contributed by atoms with van der Waals surface area (Å²) >= 11 is 0. The van der Waals surface area contributed by atoms with E-state index in [1.54, 1.807) is 65.8 Å². The standard InChI is InChI=1S/C19H30O8S.C12H24O6.C7H7ClO2S/c1-11(2)25-18-15(27-19(26-12(3)4)17(21)16(18)20)10-24-28(22,23)14-8-6-13(5)7-9-14;1-6(2)16-11-8(5-13)18-12(17-7(3)4)10(15)9(11)14;1-6-2-4-7(5-3-6)11(8,9)10/h6-9,11-12,15-21H,10H2,1-5H3;6-15H,5H2,1-4H3;2-5H,1H3. The van der Waals surface area contributed by atoms with Gasteiger partial charge in [0, 0.05) is 10.7 Å². The molecule has 2 aliphatic heterocycles. The lowest BCUT2D eigenvalue weighted by Gasteiger charge is -2.43. The van der Waals surface area contributed by atoms with Crippen molar-refractivity contribution in [2.75, 3.05) is 13.2 Å². The van der Waals surface area contributed by atoms with Gasteiger partial charge in [-0.15, -0.1) is 0 Å². The van der Waals surface area contributed by atoms with Crippen molar-refractivity contribution >= 4 is 29.9 Å². The lowest BCUT2D eigenvalue weighted by atomic mass is 9.98. The molecule has 0 bridgehead atoms. The van der Waals surface area contributed by atoms with Crippen LogP contribution in [0.3, 0.4) is 0 Å². The average molecular weight is 873 g/mol. The van der Waals surface area contributed by atoms with Gasteiger partial charge >= 0.3 is 0 Å². The van der Waals surface area contributed by atoms with Gasteiger partial charge in [-0.2, -0.15) is 8.42 Å². The van der Waals surface area contributed by atoms with Crippen LogP contribution in [0.2, 0.25) is 0 Å². The molecule has 10 atom stereocenters. The molecule has 19 heteroatoms. The number of rotatable bonds is 14. The summed E-state index contributed by atoms with van der Waals surface area (Å²) in [5.74, 6) is 0. The number of benzene rings is 2. The highest BCUT2D eigenvalue weighted by Crippen LogP contribution is 2.28. The molecule has 2 aliphatic rings. The number of hydrogen-bond acceptors (Lipinski definition) is 16. The zero-order chi connectivity index (χ0) is 43.4. The summed E-state index contributed by atoms with van der Waals surface area (Å²) < 4.78 is 84.6. The minimum atomic E-state index is -4.02. The number of aliphatic hydroxyl groups is 5. The highest BCUT2D eigenvalue weighted by atomic mass is 35.7. The highest BCUT2D eigenvalue weighted by Gasteiger charge is 2.48.